The van der Waals surface area contributed by atoms with Gasteiger partial charge in [-0.15, -0.1) is 10.2 Å². The monoisotopic (exact) mass is 405 g/mol. The highest BCUT2D eigenvalue weighted by molar-refractivity contribution is 7.99. The van der Waals surface area contributed by atoms with Crippen molar-refractivity contribution in [2.24, 2.45) is 0 Å². The summed E-state index contributed by atoms with van der Waals surface area (Å²) in [5.74, 6) is 0.212. The van der Waals surface area contributed by atoms with Gasteiger partial charge in [0.1, 0.15) is 5.52 Å². The van der Waals surface area contributed by atoms with Crippen LogP contribution in [0.5, 0.6) is 0 Å². The van der Waals surface area contributed by atoms with Crippen LogP contribution in [0.15, 0.2) is 53.7 Å². The number of nitrogens with zero attached hydrogens (tertiary/aromatic N) is 4. The maximum atomic E-state index is 12.3. The van der Waals surface area contributed by atoms with Crippen LogP contribution in [-0.4, -0.2) is 31.4 Å². The van der Waals surface area contributed by atoms with Crippen LogP contribution in [0, 0.1) is 6.92 Å². The van der Waals surface area contributed by atoms with Gasteiger partial charge in [0.25, 0.3) is 0 Å². The molecule has 0 atom stereocenters. The molecule has 2 aromatic carbocycles. The van der Waals surface area contributed by atoms with Crippen LogP contribution in [0.3, 0.4) is 0 Å². The molecule has 0 aliphatic rings. The molecule has 0 spiro atoms. The predicted octanol–water partition coefficient (Wildman–Crippen LogP) is 4.11. The summed E-state index contributed by atoms with van der Waals surface area (Å²) in [5.41, 5.74) is 5.04. The molecule has 0 radical (unpaired) electrons. The first-order chi connectivity index (χ1) is 14.2. The molecule has 0 unspecified atom stereocenters. The first kappa shape index (κ1) is 19.4. The van der Waals surface area contributed by atoms with E-state index in [1.165, 1.54) is 17.3 Å². The number of nitrogens with one attached hydrogen (secondary N) is 1. The SMILES string of the molecule is CCCn1c2ccccc2c2nnc(SCC(=O)NCc3ccccc3C)nc21. The average molecular weight is 406 g/mol. The summed E-state index contributed by atoms with van der Waals surface area (Å²) in [7, 11) is 0. The molecule has 1 N–H and O–H groups in total. The molecule has 6 nitrogen and oxygen atoms in total. The van der Waals surface area contributed by atoms with Crippen molar-refractivity contribution in [1.29, 1.82) is 0 Å². The van der Waals surface area contributed by atoms with E-state index in [1.807, 2.05) is 49.4 Å². The van der Waals surface area contributed by atoms with Crippen LogP contribution < -0.4 is 5.32 Å². The van der Waals surface area contributed by atoms with Gasteiger partial charge < -0.3 is 9.88 Å². The topological polar surface area (TPSA) is 72.7 Å². The summed E-state index contributed by atoms with van der Waals surface area (Å²) in [5, 5.41) is 13.2. The second-order valence-electron chi connectivity index (χ2n) is 6.93. The third-order valence-electron chi connectivity index (χ3n) is 4.87. The van der Waals surface area contributed by atoms with E-state index >= 15 is 0 Å². The number of aromatic nitrogens is 4. The Labute approximate surface area is 173 Å². The minimum Gasteiger partial charge on any atom is -0.351 e. The number of aryl methyl sites for hydroxylation is 2. The minimum atomic E-state index is -0.0453. The lowest BCUT2D eigenvalue weighted by Crippen LogP contribution is -2.25. The van der Waals surface area contributed by atoms with E-state index in [9.17, 15) is 4.79 Å². The van der Waals surface area contributed by atoms with Gasteiger partial charge in [0.2, 0.25) is 11.1 Å². The van der Waals surface area contributed by atoms with E-state index in [4.69, 9.17) is 4.98 Å². The maximum absolute atomic E-state index is 12.3. The highest BCUT2D eigenvalue weighted by atomic mass is 32.2. The zero-order chi connectivity index (χ0) is 20.2. The van der Waals surface area contributed by atoms with Crippen molar-refractivity contribution in [1.82, 2.24) is 25.1 Å². The van der Waals surface area contributed by atoms with Gasteiger partial charge in [-0.05, 0) is 30.5 Å². The van der Waals surface area contributed by atoms with Crippen molar-refractivity contribution in [3.05, 3.63) is 59.7 Å². The highest BCUT2D eigenvalue weighted by Gasteiger charge is 2.15. The molecule has 2 heterocycles. The Hall–Kier alpha value is -2.93. The fraction of sp³-hybridized carbons (Fsp3) is 0.273. The number of carbonyl (C=O) groups excluding carboxylic acids is 1. The molecule has 2 aromatic heterocycles. The number of hydrogen-bond donors (Lipinski definition) is 1. The lowest BCUT2D eigenvalue weighted by molar-refractivity contribution is -0.118. The van der Waals surface area contributed by atoms with E-state index in [0.29, 0.717) is 11.7 Å². The van der Waals surface area contributed by atoms with Gasteiger partial charge in [-0.2, -0.15) is 0 Å². The molecule has 4 aromatic rings. The van der Waals surface area contributed by atoms with Crippen LogP contribution in [0.25, 0.3) is 22.1 Å². The van der Waals surface area contributed by atoms with Gasteiger partial charge >= 0.3 is 0 Å². The van der Waals surface area contributed by atoms with E-state index in [-0.39, 0.29) is 11.7 Å². The van der Waals surface area contributed by atoms with E-state index in [0.717, 1.165) is 40.6 Å². The standard InChI is InChI=1S/C22H23N5OS/c1-3-12-27-18-11-7-6-10-17(18)20-21(27)24-22(26-25-20)29-14-19(28)23-13-16-9-5-4-8-15(16)2/h4-11H,3,12-14H2,1-2H3,(H,23,28). The first-order valence-corrected chi connectivity index (χ1v) is 10.7. The molecule has 4 rings (SSSR count). The van der Waals surface area contributed by atoms with Crippen molar-refractivity contribution in [3.8, 4) is 0 Å². The van der Waals surface area contributed by atoms with Crippen molar-refractivity contribution < 1.29 is 4.79 Å². The van der Waals surface area contributed by atoms with Gasteiger partial charge in [-0.3, -0.25) is 4.79 Å². The molecule has 7 heteroatoms. The Bertz CT molecular complexity index is 1170. The quantitative estimate of drug-likeness (QED) is 0.469. The van der Waals surface area contributed by atoms with Gasteiger partial charge in [-0.1, -0.05) is 61.2 Å². The number of rotatable bonds is 7. The highest BCUT2D eigenvalue weighted by Crippen LogP contribution is 2.27. The summed E-state index contributed by atoms with van der Waals surface area (Å²) < 4.78 is 2.18. The van der Waals surface area contributed by atoms with E-state index in [2.05, 4.69) is 33.1 Å². The minimum absolute atomic E-state index is 0.0453. The van der Waals surface area contributed by atoms with Crippen LogP contribution in [-0.2, 0) is 17.9 Å². The fourth-order valence-electron chi connectivity index (χ4n) is 3.38. The lowest BCUT2D eigenvalue weighted by Gasteiger charge is -2.07. The fourth-order valence-corrected chi connectivity index (χ4v) is 4.00. The smallest absolute Gasteiger partial charge is 0.230 e. The summed E-state index contributed by atoms with van der Waals surface area (Å²) in [6.07, 6.45) is 1.00. The molecule has 0 bridgehead atoms. The zero-order valence-electron chi connectivity index (χ0n) is 16.6. The second kappa shape index (κ2) is 8.61. The van der Waals surface area contributed by atoms with Crippen LogP contribution in [0.2, 0.25) is 0 Å². The van der Waals surface area contributed by atoms with Crippen molar-refractivity contribution >= 4 is 39.7 Å². The Morgan fingerprint density at radius 2 is 1.90 bits per heavy atom. The normalized spacial score (nSPS) is 11.2. The number of carbonyl (C=O) groups is 1. The predicted molar refractivity (Wildman–Crippen MR) is 117 cm³/mol. The summed E-state index contributed by atoms with van der Waals surface area (Å²) in [6.45, 7) is 5.57. The van der Waals surface area contributed by atoms with Gasteiger partial charge in [0.15, 0.2) is 5.65 Å². The second-order valence-corrected chi connectivity index (χ2v) is 7.87. The molecule has 148 valence electrons. The van der Waals surface area contributed by atoms with Gasteiger partial charge in [-0.25, -0.2) is 4.98 Å². The Balaban J connectivity index is 1.48. The molecule has 29 heavy (non-hydrogen) atoms. The van der Waals surface area contributed by atoms with Crippen molar-refractivity contribution in [3.63, 3.8) is 0 Å². The van der Waals surface area contributed by atoms with E-state index < -0.39 is 0 Å². The Morgan fingerprint density at radius 3 is 2.72 bits per heavy atom. The molecular formula is C22H23N5OS. The van der Waals surface area contributed by atoms with Crippen LogP contribution in [0.4, 0.5) is 0 Å². The molecule has 0 saturated carbocycles. The largest absolute Gasteiger partial charge is 0.351 e. The molecule has 1 amide bonds. The molecule has 0 fully saturated rings. The zero-order valence-corrected chi connectivity index (χ0v) is 17.4. The number of amides is 1. The van der Waals surface area contributed by atoms with Crippen molar-refractivity contribution in [2.45, 2.75) is 38.5 Å². The molecule has 0 saturated heterocycles. The summed E-state index contributed by atoms with van der Waals surface area (Å²) in [4.78, 5) is 17.0. The number of benzene rings is 2. The number of hydrogen-bond acceptors (Lipinski definition) is 5. The molecule has 0 aliphatic heterocycles. The number of fused-ring (bicyclic) bond motifs is 3. The summed E-state index contributed by atoms with van der Waals surface area (Å²) in [6, 6.07) is 16.2. The van der Waals surface area contributed by atoms with Gasteiger partial charge in [0.05, 0.1) is 11.3 Å². The Morgan fingerprint density at radius 1 is 1.10 bits per heavy atom. The van der Waals surface area contributed by atoms with Gasteiger partial charge in [0, 0.05) is 18.5 Å². The maximum Gasteiger partial charge on any atom is 0.230 e. The number of para-hydroxylation sites is 1. The third kappa shape index (κ3) is 4.10. The van der Waals surface area contributed by atoms with Crippen LogP contribution >= 0.6 is 11.8 Å². The van der Waals surface area contributed by atoms with Crippen LogP contribution in [0.1, 0.15) is 24.5 Å². The molecule has 0 aliphatic carbocycles. The average Bonchev–Trinajstić information content (AvgIpc) is 3.05. The Kier molecular flexibility index (Phi) is 5.76. The lowest BCUT2D eigenvalue weighted by atomic mass is 10.1. The van der Waals surface area contributed by atoms with E-state index in [1.54, 1.807) is 0 Å². The first-order valence-electron chi connectivity index (χ1n) is 9.73. The van der Waals surface area contributed by atoms with Crippen molar-refractivity contribution in [2.75, 3.05) is 5.75 Å². The third-order valence-corrected chi connectivity index (χ3v) is 5.71. The molecular weight excluding hydrogens is 382 g/mol. The number of thioether (sulfide) groups is 1. The summed E-state index contributed by atoms with van der Waals surface area (Å²) >= 11 is 1.31.